The molecule has 0 atom stereocenters. The Morgan fingerprint density at radius 2 is 2.15 bits per heavy atom. The molecule has 0 aliphatic rings. The van der Waals surface area contributed by atoms with Crippen molar-refractivity contribution in [3.63, 3.8) is 0 Å². The number of aromatic carboxylic acids is 1. The fourth-order valence-corrected chi connectivity index (χ4v) is 0.866. The molecule has 0 saturated heterocycles. The Bertz CT molecular complexity index is 314. The van der Waals surface area contributed by atoms with Crippen molar-refractivity contribution in [2.45, 2.75) is 6.92 Å². The van der Waals surface area contributed by atoms with Gasteiger partial charge in [-0.3, -0.25) is 0 Å². The Labute approximate surface area is 98.2 Å². The number of hydrogen-bond donors (Lipinski definition) is 1. The molecule has 0 aliphatic carbocycles. The van der Waals surface area contributed by atoms with Gasteiger partial charge < -0.3 is 9.84 Å². The Hall–Kier alpha value is -0.580. The Balaban J connectivity index is 0.00000144. The average Bonchev–Trinajstić information content (AvgIpc) is 2.03. The standard InChI is InChI=1S/C8H9NO3.Na/c1-5-3-6(8(10)11)4-7(9-5)12-2;/h3-4H,1-2H3,(H,10,11);. The molecule has 1 heterocycles. The van der Waals surface area contributed by atoms with Crippen molar-refractivity contribution in [2.24, 2.45) is 0 Å². The van der Waals surface area contributed by atoms with E-state index in [0.29, 0.717) is 11.6 Å². The first kappa shape index (κ1) is 12.4. The number of aryl methyl sites for hydroxylation is 1. The Morgan fingerprint density at radius 1 is 1.54 bits per heavy atom. The molecule has 0 aromatic carbocycles. The summed E-state index contributed by atoms with van der Waals surface area (Å²) >= 11 is 0. The van der Waals surface area contributed by atoms with Gasteiger partial charge in [-0.15, -0.1) is 0 Å². The van der Waals surface area contributed by atoms with Crippen LogP contribution in [0.1, 0.15) is 16.1 Å². The topological polar surface area (TPSA) is 59.4 Å². The SMILES string of the molecule is COc1cc(C(=O)O)cc(C)n1.[Na]. The van der Waals surface area contributed by atoms with E-state index in [1.807, 2.05) is 0 Å². The fourth-order valence-electron chi connectivity index (χ4n) is 0.866. The molecule has 0 saturated carbocycles. The van der Waals surface area contributed by atoms with Crippen LogP contribution in [0.4, 0.5) is 0 Å². The first-order valence-corrected chi connectivity index (χ1v) is 3.39. The van der Waals surface area contributed by atoms with E-state index in [9.17, 15) is 4.79 Å². The van der Waals surface area contributed by atoms with Crippen LogP contribution in [0.2, 0.25) is 0 Å². The molecular weight excluding hydrogens is 181 g/mol. The number of nitrogens with zero attached hydrogens (tertiary/aromatic N) is 1. The van der Waals surface area contributed by atoms with E-state index >= 15 is 0 Å². The third-order valence-electron chi connectivity index (χ3n) is 1.39. The van der Waals surface area contributed by atoms with Crippen molar-refractivity contribution in [3.05, 3.63) is 23.4 Å². The van der Waals surface area contributed by atoms with Crippen molar-refractivity contribution >= 4 is 35.5 Å². The molecule has 1 N–H and O–H groups in total. The third-order valence-corrected chi connectivity index (χ3v) is 1.39. The number of hydrogen-bond acceptors (Lipinski definition) is 3. The second-order valence-corrected chi connectivity index (χ2v) is 2.34. The molecule has 0 fully saturated rings. The normalized spacial score (nSPS) is 8.77. The van der Waals surface area contributed by atoms with E-state index in [1.165, 1.54) is 19.2 Å². The van der Waals surface area contributed by atoms with Gasteiger partial charge in [-0.05, 0) is 13.0 Å². The van der Waals surface area contributed by atoms with Crippen LogP contribution in [0.15, 0.2) is 12.1 Å². The fraction of sp³-hybridized carbons (Fsp3) is 0.250. The van der Waals surface area contributed by atoms with Crippen molar-refractivity contribution < 1.29 is 14.6 Å². The Morgan fingerprint density at radius 3 is 2.62 bits per heavy atom. The van der Waals surface area contributed by atoms with Crippen molar-refractivity contribution in [3.8, 4) is 5.88 Å². The molecule has 4 nitrogen and oxygen atoms in total. The summed E-state index contributed by atoms with van der Waals surface area (Å²) in [5.41, 5.74) is 0.825. The minimum Gasteiger partial charge on any atom is -0.481 e. The van der Waals surface area contributed by atoms with Gasteiger partial charge in [-0.25, -0.2) is 9.78 Å². The molecule has 0 amide bonds. The van der Waals surface area contributed by atoms with Crippen LogP contribution in [0.5, 0.6) is 5.88 Å². The van der Waals surface area contributed by atoms with E-state index in [-0.39, 0.29) is 35.1 Å². The molecule has 13 heavy (non-hydrogen) atoms. The summed E-state index contributed by atoms with van der Waals surface area (Å²) in [6.45, 7) is 1.72. The number of ether oxygens (including phenoxy) is 1. The summed E-state index contributed by atoms with van der Waals surface area (Å²) < 4.78 is 4.81. The molecule has 1 aromatic heterocycles. The van der Waals surface area contributed by atoms with Crippen molar-refractivity contribution in [2.75, 3.05) is 7.11 Å². The van der Waals surface area contributed by atoms with Crippen LogP contribution < -0.4 is 4.74 Å². The third kappa shape index (κ3) is 3.34. The van der Waals surface area contributed by atoms with Gasteiger partial charge in [-0.1, -0.05) is 0 Å². The van der Waals surface area contributed by atoms with E-state index in [0.717, 1.165) is 0 Å². The van der Waals surface area contributed by atoms with E-state index in [2.05, 4.69) is 4.98 Å². The van der Waals surface area contributed by atoms with Crippen LogP contribution >= 0.6 is 0 Å². The van der Waals surface area contributed by atoms with Crippen LogP contribution in [-0.2, 0) is 0 Å². The summed E-state index contributed by atoms with van der Waals surface area (Å²) in [6, 6.07) is 2.88. The molecule has 5 heteroatoms. The maximum absolute atomic E-state index is 10.5. The zero-order chi connectivity index (χ0) is 9.14. The zero-order valence-electron chi connectivity index (χ0n) is 7.87. The van der Waals surface area contributed by atoms with Gasteiger partial charge in [0.25, 0.3) is 0 Å². The van der Waals surface area contributed by atoms with Crippen molar-refractivity contribution in [1.29, 1.82) is 0 Å². The average molecular weight is 190 g/mol. The minimum atomic E-state index is -0.973. The van der Waals surface area contributed by atoms with Crippen LogP contribution in [-0.4, -0.2) is 52.7 Å². The number of carbonyl (C=O) groups is 1. The molecule has 1 aromatic rings. The summed E-state index contributed by atoms with van der Waals surface area (Å²) in [4.78, 5) is 14.5. The van der Waals surface area contributed by atoms with Gasteiger partial charge in [0.1, 0.15) is 0 Å². The van der Waals surface area contributed by atoms with Crippen LogP contribution in [0.3, 0.4) is 0 Å². The Kier molecular flexibility index (Phi) is 4.98. The van der Waals surface area contributed by atoms with Gasteiger partial charge in [0, 0.05) is 41.3 Å². The van der Waals surface area contributed by atoms with E-state index in [4.69, 9.17) is 9.84 Å². The van der Waals surface area contributed by atoms with E-state index in [1.54, 1.807) is 6.92 Å². The van der Waals surface area contributed by atoms with Gasteiger partial charge in [0.15, 0.2) is 0 Å². The molecule has 0 spiro atoms. The van der Waals surface area contributed by atoms with Crippen LogP contribution in [0.25, 0.3) is 0 Å². The number of aromatic nitrogens is 1. The number of carboxylic acid groups (broad SMARTS) is 1. The first-order chi connectivity index (χ1) is 5.63. The maximum Gasteiger partial charge on any atom is 0.335 e. The smallest absolute Gasteiger partial charge is 0.335 e. The summed E-state index contributed by atoms with van der Waals surface area (Å²) in [7, 11) is 1.45. The minimum absolute atomic E-state index is 0. The number of carboxylic acids is 1. The van der Waals surface area contributed by atoms with Crippen LogP contribution in [0, 0.1) is 6.92 Å². The summed E-state index contributed by atoms with van der Waals surface area (Å²) in [5.74, 6) is -0.647. The van der Waals surface area contributed by atoms with E-state index < -0.39 is 5.97 Å². The van der Waals surface area contributed by atoms with Crippen molar-refractivity contribution in [1.82, 2.24) is 4.98 Å². The summed E-state index contributed by atoms with van der Waals surface area (Å²) in [6.07, 6.45) is 0. The monoisotopic (exact) mass is 190 g/mol. The quantitative estimate of drug-likeness (QED) is 0.698. The second kappa shape index (κ2) is 5.21. The number of rotatable bonds is 2. The summed E-state index contributed by atoms with van der Waals surface area (Å²) in [5, 5.41) is 8.65. The molecule has 1 rings (SSSR count). The van der Waals surface area contributed by atoms with Gasteiger partial charge in [-0.2, -0.15) is 0 Å². The van der Waals surface area contributed by atoms with Gasteiger partial charge in [0.2, 0.25) is 5.88 Å². The number of methoxy groups -OCH3 is 1. The zero-order valence-corrected chi connectivity index (χ0v) is 9.87. The molecular formula is C8H9NNaO3. The molecule has 0 unspecified atom stereocenters. The first-order valence-electron chi connectivity index (χ1n) is 3.39. The molecule has 0 aliphatic heterocycles. The predicted octanol–water partition coefficient (Wildman–Crippen LogP) is 0.716. The van der Waals surface area contributed by atoms with Gasteiger partial charge >= 0.3 is 5.97 Å². The predicted molar refractivity (Wildman–Crippen MR) is 48.2 cm³/mol. The molecule has 0 bridgehead atoms. The molecule has 65 valence electrons. The number of pyridine rings is 1. The molecule has 1 radical (unpaired) electrons. The second-order valence-electron chi connectivity index (χ2n) is 2.34. The maximum atomic E-state index is 10.5. The van der Waals surface area contributed by atoms with Gasteiger partial charge in [0.05, 0.1) is 12.7 Å². The largest absolute Gasteiger partial charge is 0.481 e.